The Morgan fingerprint density at radius 3 is 2.75 bits per heavy atom. The van der Waals surface area contributed by atoms with E-state index in [9.17, 15) is 10.1 Å². The topological polar surface area (TPSA) is 98.2 Å². The molecule has 0 atom stereocenters. The van der Waals surface area contributed by atoms with Crippen LogP contribution in [-0.2, 0) is 0 Å². The van der Waals surface area contributed by atoms with Gasteiger partial charge in [0.1, 0.15) is 6.20 Å². The zero-order valence-electron chi connectivity index (χ0n) is 9.38. The summed E-state index contributed by atoms with van der Waals surface area (Å²) in [5, 5.41) is 10.8. The van der Waals surface area contributed by atoms with Crippen LogP contribution in [0.5, 0.6) is 0 Å². The first-order valence-electron chi connectivity index (χ1n) is 5.12. The molecule has 0 aromatic carbocycles. The van der Waals surface area contributed by atoms with Crippen LogP contribution in [0.25, 0.3) is 0 Å². The Balaban J connectivity index is 3.16. The van der Waals surface area contributed by atoms with Crippen molar-refractivity contribution in [2.75, 3.05) is 23.7 Å². The van der Waals surface area contributed by atoms with E-state index in [1.54, 1.807) is 0 Å². The number of rotatable bonds is 5. The van der Waals surface area contributed by atoms with E-state index in [1.807, 2.05) is 18.7 Å². The molecule has 0 spiro atoms. The third kappa shape index (κ3) is 2.56. The lowest BCUT2D eigenvalue weighted by Crippen LogP contribution is -2.25. The summed E-state index contributed by atoms with van der Waals surface area (Å²) in [6, 6.07) is 0. The summed E-state index contributed by atoms with van der Waals surface area (Å²) in [6.45, 7) is 5.26. The maximum absolute atomic E-state index is 10.8. The smallest absolute Gasteiger partial charge is 0.329 e. The summed E-state index contributed by atoms with van der Waals surface area (Å²) < 4.78 is 0. The zero-order valence-corrected chi connectivity index (χ0v) is 9.38. The standard InChI is InChI=1S/C9H15N5O2/c1-3-5-13(4-2)8-7(14(15)16)6-11-9(10)12-8/h6H,3-5H2,1-2H3,(H2,10,11,12). The first kappa shape index (κ1) is 12.2. The molecule has 1 aromatic heterocycles. The van der Waals surface area contributed by atoms with E-state index in [2.05, 4.69) is 9.97 Å². The minimum Gasteiger partial charge on any atom is -0.368 e. The molecule has 0 amide bonds. The van der Waals surface area contributed by atoms with Crippen LogP contribution in [0, 0.1) is 10.1 Å². The number of anilines is 2. The zero-order chi connectivity index (χ0) is 12.1. The van der Waals surface area contributed by atoms with Crippen LogP contribution in [0.2, 0.25) is 0 Å². The van der Waals surface area contributed by atoms with Gasteiger partial charge in [-0.3, -0.25) is 10.1 Å². The first-order valence-corrected chi connectivity index (χ1v) is 5.12. The lowest BCUT2D eigenvalue weighted by molar-refractivity contribution is -0.384. The fourth-order valence-corrected chi connectivity index (χ4v) is 1.42. The van der Waals surface area contributed by atoms with Crippen LogP contribution in [0.3, 0.4) is 0 Å². The highest BCUT2D eigenvalue weighted by atomic mass is 16.6. The van der Waals surface area contributed by atoms with Crippen molar-refractivity contribution in [3.63, 3.8) is 0 Å². The number of nitrogens with two attached hydrogens (primary N) is 1. The second kappa shape index (κ2) is 5.24. The minimum absolute atomic E-state index is 0.0511. The van der Waals surface area contributed by atoms with Crippen molar-refractivity contribution >= 4 is 17.5 Å². The van der Waals surface area contributed by atoms with Gasteiger partial charge in [0.15, 0.2) is 0 Å². The van der Waals surface area contributed by atoms with Gasteiger partial charge >= 0.3 is 5.69 Å². The molecule has 0 aliphatic rings. The number of aromatic nitrogens is 2. The summed E-state index contributed by atoms with van der Waals surface area (Å²) in [5.74, 6) is 0.344. The van der Waals surface area contributed by atoms with E-state index in [1.165, 1.54) is 0 Å². The van der Waals surface area contributed by atoms with Gasteiger partial charge in [0, 0.05) is 13.1 Å². The SMILES string of the molecule is CCCN(CC)c1nc(N)ncc1[N+](=O)[O-]. The van der Waals surface area contributed by atoms with Gasteiger partial charge in [-0.1, -0.05) is 6.92 Å². The maximum Gasteiger partial charge on any atom is 0.329 e. The van der Waals surface area contributed by atoms with Gasteiger partial charge in [-0.05, 0) is 13.3 Å². The van der Waals surface area contributed by atoms with Crippen LogP contribution in [0.15, 0.2) is 6.20 Å². The van der Waals surface area contributed by atoms with Crippen LogP contribution in [0.4, 0.5) is 17.5 Å². The molecule has 0 aliphatic heterocycles. The summed E-state index contributed by atoms with van der Waals surface area (Å²) in [5.41, 5.74) is 5.34. The summed E-state index contributed by atoms with van der Waals surface area (Å²) in [4.78, 5) is 19.7. The normalized spacial score (nSPS) is 10.1. The van der Waals surface area contributed by atoms with E-state index < -0.39 is 4.92 Å². The number of nitrogen functional groups attached to an aromatic ring is 1. The number of nitrogens with zero attached hydrogens (tertiary/aromatic N) is 4. The highest BCUT2D eigenvalue weighted by Crippen LogP contribution is 2.25. The molecule has 2 N–H and O–H groups in total. The van der Waals surface area contributed by atoms with Crippen molar-refractivity contribution in [1.29, 1.82) is 0 Å². The first-order chi connectivity index (χ1) is 7.60. The average Bonchev–Trinajstić information content (AvgIpc) is 2.25. The van der Waals surface area contributed by atoms with Crippen molar-refractivity contribution in [1.82, 2.24) is 9.97 Å². The number of nitro groups is 1. The molecular formula is C9H15N5O2. The third-order valence-corrected chi connectivity index (χ3v) is 2.14. The maximum atomic E-state index is 10.8. The Morgan fingerprint density at radius 1 is 1.56 bits per heavy atom. The Bertz CT molecular complexity index is 382. The Kier molecular flexibility index (Phi) is 3.98. The largest absolute Gasteiger partial charge is 0.368 e. The molecule has 7 heteroatoms. The Labute approximate surface area is 93.4 Å². The summed E-state index contributed by atoms with van der Waals surface area (Å²) in [7, 11) is 0. The molecule has 16 heavy (non-hydrogen) atoms. The molecule has 0 fully saturated rings. The molecular weight excluding hydrogens is 210 g/mol. The van der Waals surface area contributed by atoms with Crippen molar-refractivity contribution in [3.8, 4) is 0 Å². The van der Waals surface area contributed by atoms with Crippen LogP contribution in [0.1, 0.15) is 20.3 Å². The molecule has 1 rings (SSSR count). The molecule has 0 saturated heterocycles. The van der Waals surface area contributed by atoms with Gasteiger partial charge in [0.05, 0.1) is 4.92 Å². The molecule has 7 nitrogen and oxygen atoms in total. The van der Waals surface area contributed by atoms with E-state index >= 15 is 0 Å². The van der Waals surface area contributed by atoms with Crippen LogP contribution in [-0.4, -0.2) is 28.0 Å². The van der Waals surface area contributed by atoms with Crippen molar-refractivity contribution in [3.05, 3.63) is 16.3 Å². The van der Waals surface area contributed by atoms with Crippen LogP contribution < -0.4 is 10.6 Å². The monoisotopic (exact) mass is 225 g/mol. The number of hydrogen-bond acceptors (Lipinski definition) is 6. The van der Waals surface area contributed by atoms with Crippen molar-refractivity contribution < 1.29 is 4.92 Å². The van der Waals surface area contributed by atoms with E-state index in [0.29, 0.717) is 18.9 Å². The van der Waals surface area contributed by atoms with Crippen molar-refractivity contribution in [2.24, 2.45) is 0 Å². The molecule has 1 aromatic rings. The predicted octanol–water partition coefficient (Wildman–Crippen LogP) is 1.20. The lowest BCUT2D eigenvalue weighted by atomic mass is 10.3. The van der Waals surface area contributed by atoms with Gasteiger partial charge in [-0.2, -0.15) is 4.98 Å². The molecule has 88 valence electrons. The Hall–Kier alpha value is -1.92. The quantitative estimate of drug-likeness (QED) is 0.597. The summed E-state index contributed by atoms with van der Waals surface area (Å²) >= 11 is 0. The second-order valence-electron chi connectivity index (χ2n) is 3.27. The predicted molar refractivity (Wildman–Crippen MR) is 61.3 cm³/mol. The van der Waals surface area contributed by atoms with Gasteiger partial charge in [0.25, 0.3) is 0 Å². The molecule has 0 radical (unpaired) electrons. The lowest BCUT2D eigenvalue weighted by Gasteiger charge is -2.20. The minimum atomic E-state index is -0.493. The van der Waals surface area contributed by atoms with Crippen LogP contribution >= 0.6 is 0 Å². The summed E-state index contributed by atoms with van der Waals surface area (Å²) in [6.07, 6.45) is 2.03. The average molecular weight is 225 g/mol. The number of hydrogen-bond donors (Lipinski definition) is 1. The molecule has 0 bridgehead atoms. The van der Waals surface area contributed by atoms with Gasteiger partial charge in [0.2, 0.25) is 11.8 Å². The van der Waals surface area contributed by atoms with E-state index in [4.69, 9.17) is 5.73 Å². The fraction of sp³-hybridized carbons (Fsp3) is 0.556. The second-order valence-corrected chi connectivity index (χ2v) is 3.27. The van der Waals surface area contributed by atoms with E-state index in [0.717, 1.165) is 12.6 Å². The molecule has 0 unspecified atom stereocenters. The van der Waals surface area contributed by atoms with Crippen molar-refractivity contribution in [2.45, 2.75) is 20.3 Å². The molecule has 0 saturated carbocycles. The fourth-order valence-electron chi connectivity index (χ4n) is 1.42. The highest BCUT2D eigenvalue weighted by molar-refractivity contribution is 5.58. The third-order valence-electron chi connectivity index (χ3n) is 2.14. The van der Waals surface area contributed by atoms with Gasteiger partial charge in [-0.15, -0.1) is 0 Å². The van der Waals surface area contributed by atoms with Gasteiger partial charge in [-0.25, -0.2) is 4.98 Å². The van der Waals surface area contributed by atoms with E-state index in [-0.39, 0.29) is 11.6 Å². The molecule has 1 heterocycles. The molecule has 0 aliphatic carbocycles. The Morgan fingerprint density at radius 2 is 2.25 bits per heavy atom. The highest BCUT2D eigenvalue weighted by Gasteiger charge is 2.20. The van der Waals surface area contributed by atoms with Gasteiger partial charge < -0.3 is 10.6 Å².